The third kappa shape index (κ3) is 2.51. The van der Waals surface area contributed by atoms with Crippen molar-refractivity contribution in [2.45, 2.75) is 6.67 Å². The number of ether oxygens (including phenoxy) is 1. The van der Waals surface area contributed by atoms with Gasteiger partial charge in [-0.2, -0.15) is 5.10 Å². The molecule has 0 unspecified atom stereocenters. The Balaban J connectivity index is 1.75. The first-order chi connectivity index (χ1) is 10.9. The second-order valence-corrected chi connectivity index (χ2v) is 5.60. The number of morpholine rings is 1. The van der Waals surface area contributed by atoms with Crippen LogP contribution in [0.4, 0.5) is 0 Å². The minimum absolute atomic E-state index is 0.810. The predicted octanol–water partition coefficient (Wildman–Crippen LogP) is 2.99. The molecular weight excluding hydrogens is 274 g/mol. The summed E-state index contributed by atoms with van der Waals surface area (Å²) in [6.45, 7) is 4.37. The molecule has 0 atom stereocenters. The van der Waals surface area contributed by atoms with E-state index < -0.39 is 0 Å². The molecule has 112 valence electrons. The van der Waals surface area contributed by atoms with Gasteiger partial charge in [0.15, 0.2) is 0 Å². The van der Waals surface area contributed by atoms with Gasteiger partial charge in [0.1, 0.15) is 5.69 Å². The molecule has 3 aromatic rings. The van der Waals surface area contributed by atoms with Crippen molar-refractivity contribution < 1.29 is 4.74 Å². The van der Waals surface area contributed by atoms with Crippen LogP contribution in [0.1, 0.15) is 0 Å². The second kappa shape index (κ2) is 5.91. The molecule has 1 aliphatic heterocycles. The zero-order valence-corrected chi connectivity index (χ0v) is 12.5. The molecule has 0 bridgehead atoms. The molecule has 1 aromatic heterocycles. The van der Waals surface area contributed by atoms with Gasteiger partial charge in [0.05, 0.1) is 25.4 Å². The van der Waals surface area contributed by atoms with Crippen molar-refractivity contribution in [2.24, 2.45) is 0 Å². The Morgan fingerprint density at radius 1 is 0.909 bits per heavy atom. The molecule has 4 heteroatoms. The van der Waals surface area contributed by atoms with Crippen molar-refractivity contribution in [3.63, 3.8) is 0 Å². The van der Waals surface area contributed by atoms with Crippen LogP contribution in [0.25, 0.3) is 22.2 Å². The van der Waals surface area contributed by atoms with Gasteiger partial charge in [0.25, 0.3) is 0 Å². The first-order valence-corrected chi connectivity index (χ1v) is 7.73. The molecule has 0 amide bonds. The minimum Gasteiger partial charge on any atom is -0.379 e. The highest BCUT2D eigenvalue weighted by atomic mass is 16.5. The molecule has 1 fully saturated rings. The Kier molecular flexibility index (Phi) is 3.62. The average Bonchev–Trinajstić information content (AvgIpc) is 2.96. The zero-order valence-electron chi connectivity index (χ0n) is 12.5. The van der Waals surface area contributed by atoms with Crippen molar-refractivity contribution >= 4 is 10.9 Å². The molecule has 0 saturated carbocycles. The highest BCUT2D eigenvalue weighted by Gasteiger charge is 2.15. The van der Waals surface area contributed by atoms with E-state index in [1.54, 1.807) is 0 Å². The number of hydrogen-bond acceptors (Lipinski definition) is 3. The van der Waals surface area contributed by atoms with E-state index in [9.17, 15) is 0 Å². The number of aromatic nitrogens is 2. The molecule has 1 aliphatic rings. The monoisotopic (exact) mass is 293 g/mol. The van der Waals surface area contributed by atoms with Crippen LogP contribution in [0.3, 0.4) is 0 Å². The van der Waals surface area contributed by atoms with E-state index >= 15 is 0 Å². The first kappa shape index (κ1) is 13.5. The maximum atomic E-state index is 5.43. The number of rotatable bonds is 3. The number of hydrogen-bond donors (Lipinski definition) is 0. The lowest BCUT2D eigenvalue weighted by Gasteiger charge is -2.26. The molecular formula is C18H19N3O. The van der Waals surface area contributed by atoms with Gasteiger partial charge in [0.2, 0.25) is 0 Å². The Labute approximate surface area is 129 Å². The van der Waals surface area contributed by atoms with Crippen LogP contribution in [0, 0.1) is 0 Å². The normalized spacial score (nSPS) is 16.2. The minimum atomic E-state index is 0.810. The van der Waals surface area contributed by atoms with E-state index in [2.05, 4.69) is 58.1 Å². The molecule has 4 rings (SSSR count). The lowest BCUT2D eigenvalue weighted by atomic mass is 10.1. The molecule has 0 radical (unpaired) electrons. The van der Waals surface area contributed by atoms with Crippen molar-refractivity contribution in [2.75, 3.05) is 26.3 Å². The van der Waals surface area contributed by atoms with Crippen LogP contribution in [0.5, 0.6) is 0 Å². The largest absolute Gasteiger partial charge is 0.379 e. The summed E-state index contributed by atoms with van der Waals surface area (Å²) in [5.74, 6) is 0. The standard InChI is InChI=1S/C18H19N3O/c1-2-6-15(7-3-1)18-16-8-4-5-9-17(16)21(19-18)14-20-10-12-22-13-11-20/h1-9H,10-14H2. The fourth-order valence-corrected chi connectivity index (χ4v) is 2.98. The smallest absolute Gasteiger partial charge is 0.100 e. The van der Waals surface area contributed by atoms with E-state index in [1.165, 1.54) is 16.5 Å². The van der Waals surface area contributed by atoms with E-state index in [0.717, 1.165) is 38.7 Å². The third-order valence-electron chi connectivity index (χ3n) is 4.14. The molecule has 22 heavy (non-hydrogen) atoms. The van der Waals surface area contributed by atoms with Crippen molar-refractivity contribution in [3.8, 4) is 11.3 Å². The summed E-state index contributed by atoms with van der Waals surface area (Å²) in [5.41, 5.74) is 3.41. The lowest BCUT2D eigenvalue weighted by molar-refractivity contribution is 0.0221. The molecule has 0 N–H and O–H groups in total. The van der Waals surface area contributed by atoms with Crippen molar-refractivity contribution in [1.29, 1.82) is 0 Å². The van der Waals surface area contributed by atoms with Gasteiger partial charge < -0.3 is 4.74 Å². The van der Waals surface area contributed by atoms with Gasteiger partial charge in [0, 0.05) is 24.0 Å². The zero-order chi connectivity index (χ0) is 14.8. The fraction of sp³-hybridized carbons (Fsp3) is 0.278. The fourth-order valence-electron chi connectivity index (χ4n) is 2.98. The Hall–Kier alpha value is -2.17. The number of benzene rings is 2. The van der Waals surface area contributed by atoms with Crippen LogP contribution < -0.4 is 0 Å². The molecule has 0 spiro atoms. The maximum absolute atomic E-state index is 5.43. The first-order valence-electron chi connectivity index (χ1n) is 7.73. The van der Waals surface area contributed by atoms with Crippen molar-refractivity contribution in [3.05, 3.63) is 54.6 Å². The topological polar surface area (TPSA) is 30.3 Å². The van der Waals surface area contributed by atoms with Gasteiger partial charge in [-0.05, 0) is 6.07 Å². The number of nitrogens with zero attached hydrogens (tertiary/aromatic N) is 3. The highest BCUT2D eigenvalue weighted by Crippen LogP contribution is 2.27. The van der Waals surface area contributed by atoms with Crippen LogP contribution in [0.15, 0.2) is 54.6 Å². The Morgan fingerprint density at radius 3 is 2.45 bits per heavy atom. The van der Waals surface area contributed by atoms with E-state index in [4.69, 9.17) is 9.84 Å². The molecule has 1 saturated heterocycles. The molecule has 2 heterocycles. The summed E-state index contributed by atoms with van der Waals surface area (Å²) in [6.07, 6.45) is 0. The summed E-state index contributed by atoms with van der Waals surface area (Å²) < 4.78 is 7.54. The molecule has 2 aromatic carbocycles. The van der Waals surface area contributed by atoms with Gasteiger partial charge in [-0.1, -0.05) is 48.5 Å². The third-order valence-corrected chi connectivity index (χ3v) is 4.14. The summed E-state index contributed by atoms with van der Waals surface area (Å²) in [6, 6.07) is 18.9. The SMILES string of the molecule is c1ccc(-c2nn(CN3CCOCC3)c3ccccc23)cc1. The number of fused-ring (bicyclic) bond motifs is 1. The van der Waals surface area contributed by atoms with E-state index in [0.29, 0.717) is 0 Å². The molecule has 0 aliphatic carbocycles. The van der Waals surface area contributed by atoms with Crippen LogP contribution in [-0.2, 0) is 11.4 Å². The molecule has 4 nitrogen and oxygen atoms in total. The van der Waals surface area contributed by atoms with Crippen molar-refractivity contribution in [1.82, 2.24) is 14.7 Å². The van der Waals surface area contributed by atoms with E-state index in [-0.39, 0.29) is 0 Å². The van der Waals surface area contributed by atoms with Gasteiger partial charge in [-0.15, -0.1) is 0 Å². The number of para-hydroxylation sites is 1. The maximum Gasteiger partial charge on any atom is 0.100 e. The quantitative estimate of drug-likeness (QED) is 0.743. The predicted molar refractivity (Wildman–Crippen MR) is 87.6 cm³/mol. The van der Waals surface area contributed by atoms with Gasteiger partial charge in [-0.3, -0.25) is 4.90 Å². The Morgan fingerprint density at radius 2 is 1.64 bits per heavy atom. The van der Waals surface area contributed by atoms with Crippen LogP contribution >= 0.6 is 0 Å². The van der Waals surface area contributed by atoms with Crippen LogP contribution in [0.2, 0.25) is 0 Å². The average molecular weight is 293 g/mol. The van der Waals surface area contributed by atoms with Gasteiger partial charge >= 0.3 is 0 Å². The highest BCUT2D eigenvalue weighted by molar-refractivity contribution is 5.93. The van der Waals surface area contributed by atoms with E-state index in [1.807, 2.05) is 6.07 Å². The second-order valence-electron chi connectivity index (χ2n) is 5.60. The summed E-state index contributed by atoms with van der Waals surface area (Å²) >= 11 is 0. The lowest BCUT2D eigenvalue weighted by Crippen LogP contribution is -2.37. The summed E-state index contributed by atoms with van der Waals surface area (Å²) in [5, 5.41) is 6.10. The summed E-state index contributed by atoms with van der Waals surface area (Å²) in [4.78, 5) is 2.39. The van der Waals surface area contributed by atoms with Crippen LogP contribution in [-0.4, -0.2) is 41.0 Å². The Bertz CT molecular complexity index is 760. The van der Waals surface area contributed by atoms with Gasteiger partial charge in [-0.25, -0.2) is 4.68 Å². The summed E-state index contributed by atoms with van der Waals surface area (Å²) in [7, 11) is 0.